The Morgan fingerprint density at radius 2 is 2.00 bits per heavy atom. The zero-order valence-electron chi connectivity index (χ0n) is 11.6. The first-order valence-electron chi connectivity index (χ1n) is 6.05. The van der Waals surface area contributed by atoms with Gasteiger partial charge in [-0.05, 0) is 24.6 Å². The maximum absolute atomic E-state index is 11.8. The monoisotopic (exact) mass is 319 g/mol. The Kier molecular flexibility index (Phi) is 5.79. The first kappa shape index (κ1) is 16.7. The highest BCUT2D eigenvalue weighted by Crippen LogP contribution is 2.22. The molecule has 0 unspecified atom stereocenters. The van der Waals surface area contributed by atoms with E-state index in [-0.39, 0.29) is 10.9 Å². The van der Waals surface area contributed by atoms with Crippen LogP contribution in [-0.4, -0.2) is 39.9 Å². The van der Waals surface area contributed by atoms with Crippen LogP contribution < -0.4 is 9.44 Å². The first-order valence-corrected chi connectivity index (χ1v) is 7.91. The molecule has 112 valence electrons. The molecular formula is C12H18ClN3O3S. The van der Waals surface area contributed by atoms with Gasteiger partial charge in [0.2, 0.25) is 0 Å². The molecule has 8 heteroatoms. The maximum atomic E-state index is 11.8. The Hall–Kier alpha value is -1.31. The third-order valence-electron chi connectivity index (χ3n) is 2.40. The SMILES string of the molecule is CCCNS(=O)(=O)Nc1ccc(C(=O)N(C)C)c(Cl)c1. The number of nitrogens with one attached hydrogen (secondary N) is 2. The summed E-state index contributed by atoms with van der Waals surface area (Å²) >= 11 is 6.00. The van der Waals surface area contributed by atoms with E-state index in [2.05, 4.69) is 9.44 Å². The van der Waals surface area contributed by atoms with Crippen LogP contribution in [0, 0.1) is 0 Å². The molecular weight excluding hydrogens is 302 g/mol. The summed E-state index contributed by atoms with van der Waals surface area (Å²) in [5, 5.41) is 0.194. The number of anilines is 1. The molecule has 2 N–H and O–H groups in total. The smallest absolute Gasteiger partial charge is 0.299 e. The molecule has 0 atom stereocenters. The molecule has 20 heavy (non-hydrogen) atoms. The fourth-order valence-electron chi connectivity index (χ4n) is 1.42. The van der Waals surface area contributed by atoms with Gasteiger partial charge in [-0.3, -0.25) is 9.52 Å². The molecule has 1 aromatic carbocycles. The van der Waals surface area contributed by atoms with Crippen molar-refractivity contribution in [3.63, 3.8) is 0 Å². The van der Waals surface area contributed by atoms with Gasteiger partial charge in [0.1, 0.15) is 0 Å². The second-order valence-electron chi connectivity index (χ2n) is 4.39. The summed E-state index contributed by atoms with van der Waals surface area (Å²) in [6.45, 7) is 2.21. The number of halogens is 1. The minimum atomic E-state index is -3.62. The van der Waals surface area contributed by atoms with Crippen molar-refractivity contribution >= 4 is 33.4 Å². The Labute approximate surface area is 124 Å². The number of hydrogen-bond acceptors (Lipinski definition) is 3. The van der Waals surface area contributed by atoms with Crippen LogP contribution in [0.3, 0.4) is 0 Å². The van der Waals surface area contributed by atoms with Crippen molar-refractivity contribution in [2.45, 2.75) is 13.3 Å². The predicted octanol–water partition coefficient (Wildman–Crippen LogP) is 1.70. The molecule has 1 rings (SSSR count). The average Bonchev–Trinajstić information content (AvgIpc) is 2.35. The fraction of sp³-hybridized carbons (Fsp3) is 0.417. The number of rotatable bonds is 6. The van der Waals surface area contributed by atoms with Gasteiger partial charge in [0.25, 0.3) is 16.1 Å². The van der Waals surface area contributed by atoms with Crippen molar-refractivity contribution in [3.8, 4) is 0 Å². The molecule has 0 fully saturated rings. The van der Waals surface area contributed by atoms with Gasteiger partial charge in [0.05, 0.1) is 16.3 Å². The zero-order chi connectivity index (χ0) is 15.3. The highest BCUT2D eigenvalue weighted by atomic mass is 35.5. The predicted molar refractivity (Wildman–Crippen MR) is 80.3 cm³/mol. The fourth-order valence-corrected chi connectivity index (χ4v) is 2.66. The molecule has 0 bridgehead atoms. The van der Waals surface area contributed by atoms with E-state index >= 15 is 0 Å². The molecule has 0 saturated heterocycles. The van der Waals surface area contributed by atoms with E-state index in [4.69, 9.17) is 11.6 Å². The molecule has 6 nitrogen and oxygen atoms in total. The number of carbonyl (C=O) groups is 1. The largest absolute Gasteiger partial charge is 0.345 e. The summed E-state index contributed by atoms with van der Waals surface area (Å²) in [6.07, 6.45) is 0.692. The average molecular weight is 320 g/mol. The van der Waals surface area contributed by atoms with Crippen molar-refractivity contribution in [2.24, 2.45) is 0 Å². The van der Waals surface area contributed by atoms with Gasteiger partial charge < -0.3 is 4.90 Å². The number of carbonyl (C=O) groups excluding carboxylic acids is 1. The van der Waals surface area contributed by atoms with E-state index in [0.717, 1.165) is 0 Å². The van der Waals surface area contributed by atoms with E-state index < -0.39 is 10.2 Å². The number of hydrogen-bond donors (Lipinski definition) is 2. The second-order valence-corrected chi connectivity index (χ2v) is 6.30. The Bertz CT molecular complexity index is 588. The van der Waals surface area contributed by atoms with Crippen LogP contribution in [-0.2, 0) is 10.2 Å². The first-order chi connectivity index (χ1) is 9.26. The van der Waals surface area contributed by atoms with Crippen molar-refractivity contribution in [1.29, 1.82) is 0 Å². The van der Waals surface area contributed by atoms with Gasteiger partial charge >= 0.3 is 0 Å². The van der Waals surface area contributed by atoms with Crippen LogP contribution in [0.1, 0.15) is 23.7 Å². The van der Waals surface area contributed by atoms with Gasteiger partial charge in [-0.25, -0.2) is 0 Å². The Morgan fingerprint density at radius 3 is 2.50 bits per heavy atom. The van der Waals surface area contributed by atoms with Gasteiger partial charge in [-0.2, -0.15) is 13.1 Å². The van der Waals surface area contributed by atoms with Gasteiger partial charge in [-0.1, -0.05) is 18.5 Å². The maximum Gasteiger partial charge on any atom is 0.299 e. The normalized spacial score (nSPS) is 11.2. The quantitative estimate of drug-likeness (QED) is 0.837. The lowest BCUT2D eigenvalue weighted by molar-refractivity contribution is 0.0828. The van der Waals surface area contributed by atoms with Crippen molar-refractivity contribution in [3.05, 3.63) is 28.8 Å². The topological polar surface area (TPSA) is 78.5 Å². The molecule has 1 amide bonds. The molecule has 0 saturated carbocycles. The lowest BCUT2D eigenvalue weighted by atomic mass is 10.2. The van der Waals surface area contributed by atoms with Crippen LogP contribution in [0.15, 0.2) is 18.2 Å². The second kappa shape index (κ2) is 6.92. The summed E-state index contributed by atoms with van der Waals surface area (Å²) in [7, 11) is -0.387. The molecule has 0 heterocycles. The molecule has 0 spiro atoms. The summed E-state index contributed by atoms with van der Waals surface area (Å²) in [5.74, 6) is -0.242. The molecule has 1 aromatic rings. The molecule has 0 aliphatic heterocycles. The minimum Gasteiger partial charge on any atom is -0.345 e. The van der Waals surface area contributed by atoms with Gasteiger partial charge in [0.15, 0.2) is 0 Å². The highest BCUT2D eigenvalue weighted by Gasteiger charge is 2.14. The summed E-state index contributed by atoms with van der Waals surface area (Å²) in [4.78, 5) is 13.2. The van der Waals surface area contributed by atoms with Crippen LogP contribution in [0.2, 0.25) is 5.02 Å². The number of amides is 1. The third-order valence-corrected chi connectivity index (χ3v) is 3.80. The van der Waals surface area contributed by atoms with Gasteiger partial charge in [0, 0.05) is 20.6 Å². The Balaban J connectivity index is 2.91. The van der Waals surface area contributed by atoms with Crippen LogP contribution in [0.5, 0.6) is 0 Å². The lowest BCUT2D eigenvalue weighted by Gasteiger charge is -2.13. The molecule has 0 radical (unpaired) electrons. The number of nitrogens with zero attached hydrogens (tertiary/aromatic N) is 1. The Morgan fingerprint density at radius 1 is 1.35 bits per heavy atom. The van der Waals surface area contributed by atoms with E-state index in [0.29, 0.717) is 24.2 Å². The van der Waals surface area contributed by atoms with E-state index in [1.165, 1.54) is 23.1 Å². The van der Waals surface area contributed by atoms with E-state index in [9.17, 15) is 13.2 Å². The van der Waals surface area contributed by atoms with Crippen LogP contribution in [0.25, 0.3) is 0 Å². The third kappa shape index (κ3) is 4.66. The summed E-state index contributed by atoms with van der Waals surface area (Å²) < 4.78 is 28.0. The van der Waals surface area contributed by atoms with Crippen molar-refractivity contribution in [1.82, 2.24) is 9.62 Å². The highest BCUT2D eigenvalue weighted by molar-refractivity contribution is 7.90. The zero-order valence-corrected chi connectivity index (χ0v) is 13.2. The molecule has 0 aliphatic rings. The minimum absolute atomic E-state index is 0.194. The van der Waals surface area contributed by atoms with Gasteiger partial charge in [-0.15, -0.1) is 0 Å². The van der Waals surface area contributed by atoms with Crippen molar-refractivity contribution in [2.75, 3.05) is 25.4 Å². The summed E-state index contributed by atoms with van der Waals surface area (Å²) in [5.41, 5.74) is 0.620. The van der Waals surface area contributed by atoms with Crippen molar-refractivity contribution < 1.29 is 13.2 Å². The number of benzene rings is 1. The van der Waals surface area contributed by atoms with E-state index in [1.54, 1.807) is 14.1 Å². The van der Waals surface area contributed by atoms with Crippen LogP contribution >= 0.6 is 11.6 Å². The summed E-state index contributed by atoms with van der Waals surface area (Å²) in [6, 6.07) is 4.39. The standard InChI is InChI=1S/C12H18ClN3O3S/c1-4-7-14-20(18,19)15-9-5-6-10(11(13)8-9)12(17)16(2)3/h5-6,8,14-15H,4,7H2,1-3H3. The van der Waals surface area contributed by atoms with E-state index in [1.807, 2.05) is 6.92 Å². The van der Waals surface area contributed by atoms with Crippen LogP contribution in [0.4, 0.5) is 5.69 Å². The molecule has 0 aliphatic carbocycles. The lowest BCUT2D eigenvalue weighted by Crippen LogP contribution is -2.30. The molecule has 0 aromatic heterocycles.